The lowest BCUT2D eigenvalue weighted by molar-refractivity contribution is 0.381. The number of nitrogens with one attached hydrogen (secondary N) is 1. The summed E-state index contributed by atoms with van der Waals surface area (Å²) >= 11 is 5.92. The smallest absolute Gasteiger partial charge is 0.200 e. The van der Waals surface area contributed by atoms with Crippen LogP contribution in [-0.4, -0.2) is 0 Å². The molecule has 2 aromatic rings. The Kier molecular flexibility index (Phi) is 4.37. The molecule has 0 aromatic heterocycles. The number of hydrogen-bond donors (Lipinski definition) is 1. The van der Waals surface area contributed by atoms with Gasteiger partial charge in [-0.3, -0.25) is 0 Å². The summed E-state index contributed by atoms with van der Waals surface area (Å²) in [6, 6.07) is 5.65. The number of halogens is 6. The van der Waals surface area contributed by atoms with Crippen LogP contribution in [0.25, 0.3) is 0 Å². The van der Waals surface area contributed by atoms with Gasteiger partial charge in [0, 0.05) is 5.02 Å². The SMILES string of the molecule is CC(Nc1c(F)c(F)c(F)c(F)c1F)c1ccccc1Cl. The molecule has 0 fully saturated rings. The molecule has 0 spiro atoms. The van der Waals surface area contributed by atoms with Crippen LogP contribution in [0.15, 0.2) is 24.3 Å². The maximum atomic E-state index is 13.6. The van der Waals surface area contributed by atoms with E-state index < -0.39 is 40.8 Å². The summed E-state index contributed by atoms with van der Waals surface area (Å²) < 4.78 is 66.3. The molecule has 2 rings (SSSR count). The molecule has 0 radical (unpaired) electrons. The molecule has 2 aromatic carbocycles. The maximum absolute atomic E-state index is 13.6. The maximum Gasteiger partial charge on any atom is 0.200 e. The van der Waals surface area contributed by atoms with Crippen molar-refractivity contribution in [2.75, 3.05) is 5.32 Å². The quantitative estimate of drug-likeness (QED) is 0.465. The van der Waals surface area contributed by atoms with Gasteiger partial charge in [-0.1, -0.05) is 29.8 Å². The zero-order valence-corrected chi connectivity index (χ0v) is 11.4. The first-order valence-corrected chi connectivity index (χ1v) is 6.24. The van der Waals surface area contributed by atoms with E-state index in [0.29, 0.717) is 10.6 Å². The number of anilines is 1. The van der Waals surface area contributed by atoms with E-state index in [9.17, 15) is 22.0 Å². The molecule has 0 saturated heterocycles. The molecule has 0 bridgehead atoms. The van der Waals surface area contributed by atoms with Crippen molar-refractivity contribution in [1.29, 1.82) is 0 Å². The molecule has 1 nitrogen and oxygen atoms in total. The summed E-state index contributed by atoms with van der Waals surface area (Å²) in [5.74, 6) is -10.0. The summed E-state index contributed by atoms with van der Waals surface area (Å²) in [7, 11) is 0. The highest BCUT2D eigenvalue weighted by Crippen LogP contribution is 2.31. The van der Waals surface area contributed by atoms with Gasteiger partial charge in [0.2, 0.25) is 5.82 Å². The fraction of sp³-hybridized carbons (Fsp3) is 0.143. The minimum Gasteiger partial charge on any atom is -0.374 e. The van der Waals surface area contributed by atoms with Crippen LogP contribution >= 0.6 is 11.6 Å². The zero-order chi connectivity index (χ0) is 15.7. The molecular formula is C14H9ClF5N. The Bertz CT molecular complexity index is 660. The monoisotopic (exact) mass is 321 g/mol. The Labute approximate surface area is 122 Å². The van der Waals surface area contributed by atoms with Crippen LogP contribution in [0.3, 0.4) is 0 Å². The first-order chi connectivity index (χ1) is 9.84. The normalized spacial score (nSPS) is 12.3. The minimum absolute atomic E-state index is 0.307. The molecular weight excluding hydrogens is 313 g/mol. The largest absolute Gasteiger partial charge is 0.374 e. The molecule has 0 aliphatic carbocycles. The predicted octanol–water partition coefficient (Wildman–Crippen LogP) is 5.21. The molecule has 1 N–H and O–H groups in total. The molecule has 21 heavy (non-hydrogen) atoms. The van der Waals surface area contributed by atoms with E-state index in [1.165, 1.54) is 6.92 Å². The molecule has 0 aliphatic rings. The van der Waals surface area contributed by atoms with E-state index in [4.69, 9.17) is 11.6 Å². The van der Waals surface area contributed by atoms with Crippen LogP contribution in [0.4, 0.5) is 27.6 Å². The minimum atomic E-state index is -2.19. The molecule has 1 atom stereocenters. The van der Waals surface area contributed by atoms with Crippen LogP contribution in [0.1, 0.15) is 18.5 Å². The van der Waals surface area contributed by atoms with Gasteiger partial charge < -0.3 is 5.32 Å². The van der Waals surface area contributed by atoms with Crippen LogP contribution in [-0.2, 0) is 0 Å². The fourth-order valence-corrected chi connectivity index (χ4v) is 2.15. The molecule has 0 heterocycles. The second kappa shape index (κ2) is 5.89. The molecule has 0 saturated carbocycles. The van der Waals surface area contributed by atoms with Crippen LogP contribution < -0.4 is 5.32 Å². The molecule has 112 valence electrons. The van der Waals surface area contributed by atoms with E-state index in [2.05, 4.69) is 5.32 Å². The van der Waals surface area contributed by atoms with Gasteiger partial charge in [-0.05, 0) is 18.6 Å². The van der Waals surface area contributed by atoms with Crippen LogP contribution in [0.2, 0.25) is 5.02 Å². The lowest BCUT2D eigenvalue weighted by Crippen LogP contribution is -2.13. The van der Waals surface area contributed by atoms with Gasteiger partial charge >= 0.3 is 0 Å². The van der Waals surface area contributed by atoms with Gasteiger partial charge in [0.05, 0.1) is 6.04 Å². The number of hydrogen-bond acceptors (Lipinski definition) is 1. The first-order valence-electron chi connectivity index (χ1n) is 5.87. The van der Waals surface area contributed by atoms with Gasteiger partial charge in [-0.25, -0.2) is 22.0 Å². The summed E-state index contributed by atoms with van der Waals surface area (Å²) in [6.45, 7) is 1.49. The lowest BCUT2D eigenvalue weighted by atomic mass is 10.1. The summed E-state index contributed by atoms with van der Waals surface area (Å²) in [6.07, 6.45) is 0. The van der Waals surface area contributed by atoms with Crippen molar-refractivity contribution in [2.45, 2.75) is 13.0 Å². The molecule has 1 unspecified atom stereocenters. The van der Waals surface area contributed by atoms with Crippen LogP contribution in [0, 0.1) is 29.1 Å². The third-order valence-electron chi connectivity index (χ3n) is 2.94. The van der Waals surface area contributed by atoms with Crippen molar-refractivity contribution >= 4 is 17.3 Å². The molecule has 7 heteroatoms. The molecule has 0 amide bonds. The van der Waals surface area contributed by atoms with Crippen molar-refractivity contribution in [3.63, 3.8) is 0 Å². The number of benzene rings is 2. The predicted molar refractivity (Wildman–Crippen MR) is 69.7 cm³/mol. The van der Waals surface area contributed by atoms with Crippen molar-refractivity contribution in [3.05, 3.63) is 63.9 Å². The first kappa shape index (κ1) is 15.6. The molecule has 0 aliphatic heterocycles. The standard InChI is InChI=1S/C14H9ClF5N/c1-6(7-4-2-3-5-8(7)15)21-14-12(19)10(17)9(16)11(18)13(14)20/h2-6,21H,1H3. The highest BCUT2D eigenvalue weighted by Gasteiger charge is 2.26. The van der Waals surface area contributed by atoms with E-state index in [1.807, 2.05) is 0 Å². The fourth-order valence-electron chi connectivity index (χ4n) is 1.85. The van der Waals surface area contributed by atoms with Crippen LogP contribution in [0.5, 0.6) is 0 Å². The third kappa shape index (κ3) is 2.81. The number of rotatable bonds is 3. The second-order valence-corrected chi connectivity index (χ2v) is 4.74. The Morgan fingerprint density at radius 1 is 0.857 bits per heavy atom. The van der Waals surface area contributed by atoms with Gasteiger partial charge in [0.15, 0.2) is 23.3 Å². The van der Waals surface area contributed by atoms with Crippen molar-refractivity contribution in [1.82, 2.24) is 0 Å². The summed E-state index contributed by atoms with van der Waals surface area (Å²) in [5, 5.41) is 2.57. The average molecular weight is 322 g/mol. The van der Waals surface area contributed by atoms with E-state index in [-0.39, 0.29) is 0 Å². The van der Waals surface area contributed by atoms with Crippen molar-refractivity contribution in [2.24, 2.45) is 0 Å². The van der Waals surface area contributed by atoms with E-state index in [0.717, 1.165) is 0 Å². The lowest BCUT2D eigenvalue weighted by Gasteiger charge is -2.18. The van der Waals surface area contributed by atoms with Gasteiger partial charge in [-0.2, -0.15) is 0 Å². The second-order valence-electron chi connectivity index (χ2n) is 4.33. The van der Waals surface area contributed by atoms with Crippen molar-refractivity contribution in [3.8, 4) is 0 Å². The Hall–Kier alpha value is -1.82. The van der Waals surface area contributed by atoms with E-state index >= 15 is 0 Å². The van der Waals surface area contributed by atoms with Gasteiger partial charge in [0.25, 0.3) is 0 Å². The zero-order valence-electron chi connectivity index (χ0n) is 10.7. The van der Waals surface area contributed by atoms with Crippen molar-refractivity contribution < 1.29 is 22.0 Å². The third-order valence-corrected chi connectivity index (χ3v) is 3.29. The summed E-state index contributed by atoms with van der Waals surface area (Å²) in [4.78, 5) is 0. The van der Waals surface area contributed by atoms with Gasteiger partial charge in [0.1, 0.15) is 5.69 Å². The summed E-state index contributed by atoms with van der Waals surface area (Å²) in [5.41, 5.74) is -0.623. The Balaban J connectivity index is 2.43. The van der Waals surface area contributed by atoms with Gasteiger partial charge in [-0.15, -0.1) is 0 Å². The Morgan fingerprint density at radius 2 is 1.33 bits per heavy atom. The average Bonchev–Trinajstić information content (AvgIpc) is 2.48. The topological polar surface area (TPSA) is 12.0 Å². The highest BCUT2D eigenvalue weighted by molar-refractivity contribution is 6.31. The van der Waals surface area contributed by atoms with E-state index in [1.54, 1.807) is 24.3 Å². The highest BCUT2D eigenvalue weighted by atomic mass is 35.5. The Morgan fingerprint density at radius 3 is 1.86 bits per heavy atom.